The number of aryl methyl sites for hydroxylation is 2. The van der Waals surface area contributed by atoms with Crippen molar-refractivity contribution in [1.29, 1.82) is 0 Å². The van der Waals surface area contributed by atoms with E-state index in [4.69, 9.17) is 4.74 Å². The van der Waals surface area contributed by atoms with Crippen molar-refractivity contribution in [3.8, 4) is 5.75 Å². The largest absolute Gasteiger partial charge is 0.493 e. The SMILES string of the molecule is CCCNCc1cccc(C)c1OCCc1ccnn1C. The number of benzene rings is 1. The van der Waals surface area contributed by atoms with E-state index < -0.39 is 0 Å². The number of nitrogens with zero attached hydrogens (tertiary/aromatic N) is 2. The average Bonchev–Trinajstić information content (AvgIpc) is 2.87. The lowest BCUT2D eigenvalue weighted by molar-refractivity contribution is 0.312. The van der Waals surface area contributed by atoms with Crippen molar-refractivity contribution in [2.24, 2.45) is 7.05 Å². The normalized spacial score (nSPS) is 10.8. The van der Waals surface area contributed by atoms with Gasteiger partial charge in [0.25, 0.3) is 0 Å². The number of hydrogen-bond donors (Lipinski definition) is 1. The van der Waals surface area contributed by atoms with E-state index in [1.807, 2.05) is 24.0 Å². The predicted octanol–water partition coefficient (Wildman–Crippen LogP) is 2.85. The number of hydrogen-bond acceptors (Lipinski definition) is 3. The molecule has 4 nitrogen and oxygen atoms in total. The number of aromatic nitrogens is 2. The monoisotopic (exact) mass is 287 g/mol. The van der Waals surface area contributed by atoms with Gasteiger partial charge >= 0.3 is 0 Å². The van der Waals surface area contributed by atoms with Crippen LogP contribution in [-0.4, -0.2) is 22.9 Å². The van der Waals surface area contributed by atoms with E-state index in [1.54, 1.807) is 0 Å². The highest BCUT2D eigenvalue weighted by Crippen LogP contribution is 2.23. The maximum Gasteiger partial charge on any atom is 0.126 e. The van der Waals surface area contributed by atoms with E-state index >= 15 is 0 Å². The van der Waals surface area contributed by atoms with Crippen molar-refractivity contribution in [2.75, 3.05) is 13.2 Å². The number of ether oxygens (including phenoxy) is 1. The van der Waals surface area contributed by atoms with Gasteiger partial charge in [-0.2, -0.15) is 5.10 Å². The number of rotatable bonds is 8. The lowest BCUT2D eigenvalue weighted by Gasteiger charge is -2.14. The van der Waals surface area contributed by atoms with Crippen LogP contribution in [0.1, 0.15) is 30.2 Å². The van der Waals surface area contributed by atoms with E-state index in [0.29, 0.717) is 6.61 Å². The second-order valence-corrected chi connectivity index (χ2v) is 5.28. The van der Waals surface area contributed by atoms with Crippen LogP contribution in [0.25, 0.3) is 0 Å². The van der Waals surface area contributed by atoms with E-state index in [9.17, 15) is 0 Å². The molecule has 0 radical (unpaired) electrons. The summed E-state index contributed by atoms with van der Waals surface area (Å²) in [6.45, 7) is 6.83. The van der Waals surface area contributed by atoms with Crippen molar-refractivity contribution >= 4 is 0 Å². The topological polar surface area (TPSA) is 39.1 Å². The van der Waals surface area contributed by atoms with Gasteiger partial charge < -0.3 is 10.1 Å². The number of nitrogens with one attached hydrogen (secondary N) is 1. The quantitative estimate of drug-likeness (QED) is 0.759. The van der Waals surface area contributed by atoms with Crippen LogP contribution in [0.4, 0.5) is 0 Å². The standard InChI is InChI=1S/C17H25N3O/c1-4-10-18-13-15-7-5-6-14(2)17(15)21-12-9-16-8-11-19-20(16)3/h5-8,11,18H,4,9-10,12-13H2,1-3H3. The fourth-order valence-corrected chi connectivity index (χ4v) is 2.36. The molecule has 1 aromatic carbocycles. The summed E-state index contributed by atoms with van der Waals surface area (Å²) >= 11 is 0. The van der Waals surface area contributed by atoms with Gasteiger partial charge in [0.2, 0.25) is 0 Å². The predicted molar refractivity (Wildman–Crippen MR) is 85.6 cm³/mol. The van der Waals surface area contributed by atoms with Crippen LogP contribution >= 0.6 is 0 Å². The minimum Gasteiger partial charge on any atom is -0.493 e. The van der Waals surface area contributed by atoms with Crippen LogP contribution in [0.3, 0.4) is 0 Å². The summed E-state index contributed by atoms with van der Waals surface area (Å²) in [6.07, 6.45) is 3.83. The van der Waals surface area contributed by atoms with Crippen molar-refractivity contribution in [1.82, 2.24) is 15.1 Å². The Bertz CT molecular complexity index is 563. The molecule has 1 aromatic heterocycles. The molecule has 21 heavy (non-hydrogen) atoms. The third-order valence-electron chi connectivity index (χ3n) is 3.56. The zero-order chi connectivity index (χ0) is 15.1. The first kappa shape index (κ1) is 15.6. The van der Waals surface area contributed by atoms with Crippen molar-refractivity contribution in [2.45, 2.75) is 33.2 Å². The molecule has 0 unspecified atom stereocenters. The molecule has 0 spiro atoms. The molecule has 0 saturated carbocycles. The zero-order valence-electron chi connectivity index (χ0n) is 13.2. The van der Waals surface area contributed by atoms with E-state index in [-0.39, 0.29) is 0 Å². The summed E-state index contributed by atoms with van der Waals surface area (Å²) in [4.78, 5) is 0. The van der Waals surface area contributed by atoms with Gasteiger partial charge in [0.05, 0.1) is 6.61 Å². The van der Waals surface area contributed by atoms with Crippen molar-refractivity contribution in [3.05, 3.63) is 47.3 Å². The Morgan fingerprint density at radius 1 is 1.29 bits per heavy atom. The van der Waals surface area contributed by atoms with Crippen LogP contribution in [0, 0.1) is 6.92 Å². The van der Waals surface area contributed by atoms with Crippen molar-refractivity contribution < 1.29 is 4.74 Å². The summed E-state index contributed by atoms with van der Waals surface area (Å²) in [5, 5.41) is 7.62. The molecule has 0 aliphatic rings. The lowest BCUT2D eigenvalue weighted by atomic mass is 10.1. The minimum absolute atomic E-state index is 0.672. The third kappa shape index (κ3) is 4.33. The highest BCUT2D eigenvalue weighted by Gasteiger charge is 2.07. The van der Waals surface area contributed by atoms with E-state index in [2.05, 4.69) is 42.5 Å². The smallest absolute Gasteiger partial charge is 0.126 e. The number of para-hydroxylation sites is 1. The Morgan fingerprint density at radius 3 is 2.86 bits per heavy atom. The van der Waals surface area contributed by atoms with E-state index in [1.165, 1.54) is 16.8 Å². The Labute approximate surface area is 127 Å². The van der Waals surface area contributed by atoms with Crippen LogP contribution in [-0.2, 0) is 20.0 Å². The highest BCUT2D eigenvalue weighted by atomic mass is 16.5. The van der Waals surface area contributed by atoms with Crippen LogP contribution in [0.2, 0.25) is 0 Å². The van der Waals surface area contributed by atoms with Gasteiger partial charge in [-0.25, -0.2) is 0 Å². The van der Waals surface area contributed by atoms with Gasteiger partial charge in [-0.15, -0.1) is 0 Å². The summed E-state index contributed by atoms with van der Waals surface area (Å²) in [6, 6.07) is 8.36. The van der Waals surface area contributed by atoms with Crippen LogP contribution < -0.4 is 10.1 Å². The summed E-state index contributed by atoms with van der Waals surface area (Å²) < 4.78 is 7.94. The molecule has 0 saturated heterocycles. The average molecular weight is 287 g/mol. The third-order valence-corrected chi connectivity index (χ3v) is 3.56. The molecule has 0 aliphatic carbocycles. The minimum atomic E-state index is 0.672. The first-order chi connectivity index (χ1) is 10.2. The Morgan fingerprint density at radius 2 is 2.14 bits per heavy atom. The van der Waals surface area contributed by atoms with Gasteiger partial charge in [-0.3, -0.25) is 4.68 Å². The summed E-state index contributed by atoms with van der Waals surface area (Å²) in [5.41, 5.74) is 3.61. The Kier molecular flexibility index (Phi) is 5.81. The maximum atomic E-state index is 6.05. The first-order valence-corrected chi connectivity index (χ1v) is 7.61. The maximum absolute atomic E-state index is 6.05. The second-order valence-electron chi connectivity index (χ2n) is 5.28. The first-order valence-electron chi connectivity index (χ1n) is 7.61. The fourth-order valence-electron chi connectivity index (χ4n) is 2.36. The molecule has 0 fully saturated rings. The second kappa shape index (κ2) is 7.84. The molecule has 4 heteroatoms. The molecule has 1 N–H and O–H groups in total. The highest BCUT2D eigenvalue weighted by molar-refractivity contribution is 5.40. The van der Waals surface area contributed by atoms with Gasteiger partial charge in [0, 0.05) is 37.5 Å². The van der Waals surface area contributed by atoms with Gasteiger partial charge in [0.1, 0.15) is 5.75 Å². The fraction of sp³-hybridized carbons (Fsp3) is 0.471. The molecule has 2 aromatic rings. The van der Waals surface area contributed by atoms with Crippen LogP contribution in [0.5, 0.6) is 5.75 Å². The Balaban J connectivity index is 1.96. The van der Waals surface area contributed by atoms with Gasteiger partial charge in [0.15, 0.2) is 0 Å². The molecular weight excluding hydrogens is 262 g/mol. The zero-order valence-corrected chi connectivity index (χ0v) is 13.2. The van der Waals surface area contributed by atoms with E-state index in [0.717, 1.165) is 31.7 Å². The Hall–Kier alpha value is -1.81. The molecule has 114 valence electrons. The van der Waals surface area contributed by atoms with Crippen molar-refractivity contribution in [3.63, 3.8) is 0 Å². The molecule has 0 atom stereocenters. The molecule has 1 heterocycles. The molecule has 0 bridgehead atoms. The lowest BCUT2D eigenvalue weighted by Crippen LogP contribution is -2.15. The summed E-state index contributed by atoms with van der Waals surface area (Å²) in [5.74, 6) is 1.02. The molecule has 2 rings (SSSR count). The molecule has 0 aliphatic heterocycles. The van der Waals surface area contributed by atoms with Gasteiger partial charge in [-0.05, 0) is 31.5 Å². The molecular formula is C17H25N3O. The summed E-state index contributed by atoms with van der Waals surface area (Å²) in [7, 11) is 1.96. The van der Waals surface area contributed by atoms with Crippen LogP contribution in [0.15, 0.2) is 30.5 Å². The van der Waals surface area contributed by atoms with Gasteiger partial charge in [-0.1, -0.05) is 25.1 Å². The molecule has 0 amide bonds.